The minimum Gasteiger partial charge on any atom is -0.464 e. The van der Waals surface area contributed by atoms with E-state index in [1.54, 1.807) is 11.1 Å². The van der Waals surface area contributed by atoms with E-state index in [-0.39, 0.29) is 43.3 Å². The Labute approximate surface area is 141 Å². The van der Waals surface area contributed by atoms with Crippen LogP contribution in [-0.2, 0) is 25.5 Å². The number of Topliss-reactive ketones (excluding diaryl/α,β-unsaturated/α-hetero) is 1. The second-order valence-corrected chi connectivity index (χ2v) is 5.93. The van der Waals surface area contributed by atoms with E-state index >= 15 is 0 Å². The lowest BCUT2D eigenvalue weighted by molar-refractivity contribution is -0.144. The van der Waals surface area contributed by atoms with Crippen LogP contribution in [0.1, 0.15) is 19.5 Å². The summed E-state index contributed by atoms with van der Waals surface area (Å²) in [6, 6.07) is 5.32. The zero-order chi connectivity index (χ0) is 17.5. The fourth-order valence-electron chi connectivity index (χ4n) is 2.75. The molecule has 0 spiro atoms. The van der Waals surface area contributed by atoms with Crippen LogP contribution in [0.15, 0.2) is 24.4 Å². The normalized spacial score (nSPS) is 18.2. The molecule has 1 aliphatic heterocycles. The van der Waals surface area contributed by atoms with Crippen LogP contribution in [0.2, 0.25) is 0 Å². The van der Waals surface area contributed by atoms with E-state index in [2.05, 4.69) is 4.98 Å². The van der Waals surface area contributed by atoms with E-state index in [1.165, 1.54) is 13.8 Å². The van der Waals surface area contributed by atoms with Crippen LogP contribution < -0.4 is 0 Å². The Morgan fingerprint density at radius 2 is 2.04 bits per heavy atom. The second-order valence-electron chi connectivity index (χ2n) is 5.93. The number of rotatable bonds is 6. The number of nitrogens with zero attached hydrogens (tertiary/aromatic N) is 3. The molecule has 0 aromatic carbocycles. The maximum Gasteiger partial charge on any atom is 0.302 e. The summed E-state index contributed by atoms with van der Waals surface area (Å²) < 4.78 is 5.10. The molecule has 0 N–H and O–H groups in total. The van der Waals surface area contributed by atoms with E-state index in [0.29, 0.717) is 19.6 Å². The molecule has 1 aliphatic rings. The van der Waals surface area contributed by atoms with Crippen molar-refractivity contribution >= 4 is 17.7 Å². The number of carbonyl (C=O) groups excluding carboxylic acids is 3. The zero-order valence-electron chi connectivity index (χ0n) is 14.1. The predicted octanol–water partition coefficient (Wildman–Crippen LogP) is 0.289. The Morgan fingerprint density at radius 3 is 2.67 bits per heavy atom. The molecule has 7 nitrogen and oxygen atoms in total. The van der Waals surface area contributed by atoms with Crippen molar-refractivity contribution in [1.82, 2.24) is 14.8 Å². The third-order valence-corrected chi connectivity index (χ3v) is 4.01. The molecule has 2 rings (SSSR count). The van der Waals surface area contributed by atoms with Crippen LogP contribution >= 0.6 is 0 Å². The number of aromatic nitrogens is 1. The van der Waals surface area contributed by atoms with E-state index in [9.17, 15) is 14.4 Å². The zero-order valence-corrected chi connectivity index (χ0v) is 14.1. The van der Waals surface area contributed by atoms with Crippen molar-refractivity contribution in [3.05, 3.63) is 30.1 Å². The lowest BCUT2D eigenvalue weighted by Gasteiger charge is -2.40. The first-order chi connectivity index (χ1) is 11.5. The highest BCUT2D eigenvalue weighted by molar-refractivity contribution is 5.82. The minimum atomic E-state index is -0.366. The maximum absolute atomic E-state index is 12.3. The Hall–Kier alpha value is -2.28. The van der Waals surface area contributed by atoms with E-state index < -0.39 is 0 Å². The van der Waals surface area contributed by atoms with Gasteiger partial charge in [0, 0.05) is 45.4 Å². The van der Waals surface area contributed by atoms with Crippen LogP contribution in [0.3, 0.4) is 0 Å². The number of hydrogen-bond donors (Lipinski definition) is 0. The Balaban J connectivity index is 1.95. The molecular formula is C17H23N3O4. The van der Waals surface area contributed by atoms with Gasteiger partial charge in [0.05, 0.1) is 19.0 Å². The van der Waals surface area contributed by atoms with Crippen LogP contribution in [0.4, 0.5) is 0 Å². The monoisotopic (exact) mass is 333 g/mol. The van der Waals surface area contributed by atoms with E-state index in [4.69, 9.17) is 4.74 Å². The molecule has 1 aromatic heterocycles. The molecule has 1 saturated heterocycles. The first-order valence-electron chi connectivity index (χ1n) is 8.00. The number of esters is 1. The summed E-state index contributed by atoms with van der Waals surface area (Å²) >= 11 is 0. The Kier molecular flexibility index (Phi) is 6.43. The molecule has 130 valence electrons. The number of carbonyl (C=O) groups is 3. The molecule has 1 atom stereocenters. The first kappa shape index (κ1) is 18.1. The molecule has 0 bridgehead atoms. The quantitative estimate of drug-likeness (QED) is 0.696. The third-order valence-electron chi connectivity index (χ3n) is 4.01. The SMILES string of the molecule is CC(=O)OCC1CN(C(C)=O)CCN1CC(=O)Cc1ccccn1. The number of piperazine rings is 1. The fourth-order valence-corrected chi connectivity index (χ4v) is 2.75. The van der Waals surface area contributed by atoms with Crippen molar-refractivity contribution in [2.24, 2.45) is 0 Å². The van der Waals surface area contributed by atoms with Gasteiger partial charge in [0.2, 0.25) is 5.91 Å². The van der Waals surface area contributed by atoms with Crippen LogP contribution in [0.25, 0.3) is 0 Å². The minimum absolute atomic E-state index is 0.0118. The first-order valence-corrected chi connectivity index (χ1v) is 8.00. The van der Waals surface area contributed by atoms with Gasteiger partial charge in [-0.25, -0.2) is 0 Å². The van der Waals surface area contributed by atoms with Gasteiger partial charge >= 0.3 is 5.97 Å². The summed E-state index contributed by atoms with van der Waals surface area (Å²) in [6.45, 7) is 4.92. The van der Waals surface area contributed by atoms with Gasteiger partial charge in [-0.2, -0.15) is 0 Å². The summed E-state index contributed by atoms with van der Waals surface area (Å²) in [4.78, 5) is 42.8. The van der Waals surface area contributed by atoms with Crippen LogP contribution in [0, 0.1) is 0 Å². The smallest absolute Gasteiger partial charge is 0.302 e. The summed E-state index contributed by atoms with van der Waals surface area (Å²) in [6.07, 6.45) is 1.94. The third kappa shape index (κ3) is 5.42. The van der Waals surface area contributed by atoms with Crippen molar-refractivity contribution in [3.8, 4) is 0 Å². The average Bonchev–Trinajstić information content (AvgIpc) is 2.54. The Bertz CT molecular complexity index is 591. The molecule has 0 aliphatic carbocycles. The van der Waals surface area contributed by atoms with Crippen molar-refractivity contribution in [3.63, 3.8) is 0 Å². The molecule has 0 saturated carbocycles. The number of hydrogen-bond acceptors (Lipinski definition) is 6. The second kappa shape index (κ2) is 8.54. The highest BCUT2D eigenvalue weighted by Crippen LogP contribution is 2.11. The van der Waals surface area contributed by atoms with Crippen molar-refractivity contribution in [2.45, 2.75) is 26.3 Å². The van der Waals surface area contributed by atoms with Crippen molar-refractivity contribution < 1.29 is 19.1 Å². The summed E-state index contributed by atoms with van der Waals surface area (Å²) in [5, 5.41) is 0. The molecule has 1 amide bonds. The number of ketones is 1. The standard InChI is InChI=1S/C17H23N3O4/c1-13(21)19-7-8-20(16(10-19)12-24-14(2)22)11-17(23)9-15-5-3-4-6-18-15/h3-6,16H,7-12H2,1-2H3. The van der Waals surface area contributed by atoms with Gasteiger partial charge in [0.1, 0.15) is 6.61 Å². The molecule has 1 fully saturated rings. The van der Waals surface area contributed by atoms with E-state index in [1.807, 2.05) is 23.1 Å². The average molecular weight is 333 g/mol. The molecule has 0 radical (unpaired) electrons. The molecule has 1 aromatic rings. The van der Waals surface area contributed by atoms with Crippen molar-refractivity contribution in [2.75, 3.05) is 32.8 Å². The lowest BCUT2D eigenvalue weighted by atomic mass is 10.1. The number of ether oxygens (including phenoxy) is 1. The summed E-state index contributed by atoms with van der Waals surface area (Å²) in [5.41, 5.74) is 0.737. The molecular weight excluding hydrogens is 310 g/mol. The summed E-state index contributed by atoms with van der Waals surface area (Å²) in [7, 11) is 0. The van der Waals surface area contributed by atoms with Gasteiger partial charge < -0.3 is 9.64 Å². The highest BCUT2D eigenvalue weighted by Gasteiger charge is 2.30. The van der Waals surface area contributed by atoms with Gasteiger partial charge in [-0.3, -0.25) is 24.3 Å². The highest BCUT2D eigenvalue weighted by atomic mass is 16.5. The number of amides is 1. The Morgan fingerprint density at radius 1 is 1.25 bits per heavy atom. The fraction of sp³-hybridized carbons (Fsp3) is 0.529. The van der Waals surface area contributed by atoms with Gasteiger partial charge in [-0.15, -0.1) is 0 Å². The summed E-state index contributed by atoms with van der Waals surface area (Å²) in [5.74, 6) is -0.324. The molecule has 24 heavy (non-hydrogen) atoms. The van der Waals surface area contributed by atoms with Crippen molar-refractivity contribution in [1.29, 1.82) is 0 Å². The molecule has 2 heterocycles. The molecule has 7 heteroatoms. The van der Waals surface area contributed by atoms with Gasteiger partial charge in [-0.1, -0.05) is 6.07 Å². The van der Waals surface area contributed by atoms with E-state index in [0.717, 1.165) is 5.69 Å². The maximum atomic E-state index is 12.3. The predicted molar refractivity (Wildman–Crippen MR) is 87.2 cm³/mol. The topological polar surface area (TPSA) is 79.8 Å². The van der Waals surface area contributed by atoms with Crippen LogP contribution in [0.5, 0.6) is 0 Å². The van der Waals surface area contributed by atoms with Gasteiger partial charge in [0.15, 0.2) is 5.78 Å². The van der Waals surface area contributed by atoms with Gasteiger partial charge in [-0.05, 0) is 12.1 Å². The lowest BCUT2D eigenvalue weighted by Crippen LogP contribution is -2.57. The van der Waals surface area contributed by atoms with Gasteiger partial charge in [0.25, 0.3) is 0 Å². The largest absolute Gasteiger partial charge is 0.464 e. The van der Waals surface area contributed by atoms with Crippen LogP contribution in [-0.4, -0.2) is 71.3 Å². The molecule has 1 unspecified atom stereocenters. The number of pyridine rings is 1.